The fraction of sp³-hybridized carbons (Fsp3) is 0.267. The van der Waals surface area contributed by atoms with Gasteiger partial charge in [-0.15, -0.1) is 0 Å². The number of furan rings is 1. The highest BCUT2D eigenvalue weighted by Crippen LogP contribution is 2.20. The van der Waals surface area contributed by atoms with E-state index >= 15 is 0 Å². The molecule has 1 aromatic carbocycles. The first-order valence-corrected chi connectivity index (χ1v) is 7.28. The predicted octanol–water partition coefficient (Wildman–Crippen LogP) is 3.51. The van der Waals surface area contributed by atoms with Gasteiger partial charge in [0.05, 0.1) is 0 Å². The lowest BCUT2D eigenvalue weighted by atomic mass is 10.3. The van der Waals surface area contributed by atoms with Crippen LogP contribution in [0.2, 0.25) is 0 Å². The smallest absolute Gasteiger partial charge is 0.287 e. The largest absolute Gasteiger partial charge is 0.486 e. The third-order valence-electron chi connectivity index (χ3n) is 2.99. The summed E-state index contributed by atoms with van der Waals surface area (Å²) >= 11 is 3.37. The van der Waals surface area contributed by atoms with Crippen LogP contribution in [-0.2, 0) is 6.61 Å². The molecule has 0 atom stereocenters. The van der Waals surface area contributed by atoms with Crippen LogP contribution in [0, 0.1) is 0 Å². The summed E-state index contributed by atoms with van der Waals surface area (Å²) in [6.45, 7) is 0.304. The molecule has 104 valence electrons. The molecule has 2 aromatic rings. The molecule has 4 nitrogen and oxygen atoms in total. The fourth-order valence-electron chi connectivity index (χ4n) is 1.75. The van der Waals surface area contributed by atoms with E-state index in [-0.39, 0.29) is 5.91 Å². The SMILES string of the molecule is O=C(NC1CC1)c1ccc(COc2ccc(Br)cc2)o1. The van der Waals surface area contributed by atoms with Gasteiger partial charge in [-0.05, 0) is 49.2 Å². The van der Waals surface area contributed by atoms with Crippen LogP contribution in [0.4, 0.5) is 0 Å². The third-order valence-corrected chi connectivity index (χ3v) is 3.52. The zero-order valence-corrected chi connectivity index (χ0v) is 12.4. The summed E-state index contributed by atoms with van der Waals surface area (Å²) in [5.74, 6) is 1.58. The normalized spacial score (nSPS) is 14.1. The van der Waals surface area contributed by atoms with E-state index in [1.165, 1.54) is 0 Å². The van der Waals surface area contributed by atoms with E-state index in [1.807, 2.05) is 24.3 Å². The zero-order chi connectivity index (χ0) is 13.9. The monoisotopic (exact) mass is 335 g/mol. The van der Waals surface area contributed by atoms with Crippen LogP contribution in [0.15, 0.2) is 45.3 Å². The molecule has 0 bridgehead atoms. The Bertz CT molecular complexity index is 602. The molecule has 0 unspecified atom stereocenters. The average molecular weight is 336 g/mol. The number of halogens is 1. The summed E-state index contributed by atoms with van der Waals surface area (Å²) in [6, 6.07) is 11.3. The summed E-state index contributed by atoms with van der Waals surface area (Å²) in [4.78, 5) is 11.8. The van der Waals surface area contributed by atoms with Gasteiger partial charge >= 0.3 is 0 Å². The lowest BCUT2D eigenvalue weighted by molar-refractivity contribution is 0.0919. The maximum Gasteiger partial charge on any atom is 0.287 e. The Balaban J connectivity index is 1.56. The Morgan fingerprint density at radius 1 is 1.25 bits per heavy atom. The van der Waals surface area contributed by atoms with E-state index < -0.39 is 0 Å². The van der Waals surface area contributed by atoms with Gasteiger partial charge in [0.1, 0.15) is 18.1 Å². The number of hydrogen-bond acceptors (Lipinski definition) is 3. The first-order valence-electron chi connectivity index (χ1n) is 6.48. The van der Waals surface area contributed by atoms with Crippen LogP contribution < -0.4 is 10.1 Å². The molecule has 1 aromatic heterocycles. The van der Waals surface area contributed by atoms with Crippen molar-refractivity contribution in [2.75, 3.05) is 0 Å². The van der Waals surface area contributed by atoms with E-state index in [2.05, 4.69) is 21.2 Å². The highest BCUT2D eigenvalue weighted by Gasteiger charge is 2.25. The fourth-order valence-corrected chi connectivity index (χ4v) is 2.01. The van der Waals surface area contributed by atoms with Gasteiger partial charge in [0, 0.05) is 10.5 Å². The number of amides is 1. The van der Waals surface area contributed by atoms with Crippen LogP contribution in [0.3, 0.4) is 0 Å². The van der Waals surface area contributed by atoms with Crippen molar-refractivity contribution in [2.45, 2.75) is 25.5 Å². The number of benzene rings is 1. The molecule has 1 N–H and O–H groups in total. The first-order chi connectivity index (χ1) is 9.70. The quantitative estimate of drug-likeness (QED) is 0.909. The molecule has 0 aliphatic heterocycles. The molecule has 0 spiro atoms. The minimum atomic E-state index is -0.151. The van der Waals surface area contributed by atoms with Crippen LogP contribution in [-0.4, -0.2) is 11.9 Å². The molecule has 1 aliphatic carbocycles. The summed E-state index contributed by atoms with van der Waals surface area (Å²) in [7, 11) is 0. The van der Waals surface area contributed by atoms with E-state index in [0.29, 0.717) is 24.2 Å². The molecule has 1 saturated carbocycles. The molecule has 3 rings (SSSR count). The Labute approximate surface area is 125 Å². The molecule has 1 fully saturated rings. The number of nitrogens with one attached hydrogen (secondary N) is 1. The second-order valence-electron chi connectivity index (χ2n) is 4.76. The van der Waals surface area contributed by atoms with Gasteiger partial charge < -0.3 is 14.5 Å². The van der Waals surface area contributed by atoms with Crippen molar-refractivity contribution < 1.29 is 13.9 Å². The van der Waals surface area contributed by atoms with Crippen molar-refractivity contribution in [3.63, 3.8) is 0 Å². The second-order valence-corrected chi connectivity index (χ2v) is 5.67. The number of ether oxygens (including phenoxy) is 1. The van der Waals surface area contributed by atoms with Gasteiger partial charge in [-0.2, -0.15) is 0 Å². The number of carbonyl (C=O) groups is 1. The predicted molar refractivity (Wildman–Crippen MR) is 77.7 cm³/mol. The maximum atomic E-state index is 11.8. The van der Waals surface area contributed by atoms with Gasteiger partial charge in [0.25, 0.3) is 5.91 Å². The Morgan fingerprint density at radius 2 is 2.00 bits per heavy atom. The van der Waals surface area contributed by atoms with Crippen molar-refractivity contribution in [2.24, 2.45) is 0 Å². The molecule has 1 heterocycles. The number of hydrogen-bond donors (Lipinski definition) is 1. The van der Waals surface area contributed by atoms with Crippen molar-refractivity contribution in [3.05, 3.63) is 52.4 Å². The van der Waals surface area contributed by atoms with Crippen molar-refractivity contribution >= 4 is 21.8 Å². The Hall–Kier alpha value is -1.75. The highest BCUT2D eigenvalue weighted by atomic mass is 79.9. The standard InChI is InChI=1S/C15H14BrNO3/c16-10-1-5-12(6-2-10)19-9-13-7-8-14(20-13)15(18)17-11-3-4-11/h1-2,5-8,11H,3-4,9H2,(H,17,18). The number of carbonyl (C=O) groups excluding carboxylic acids is 1. The summed E-state index contributed by atoms with van der Waals surface area (Å²) in [6.07, 6.45) is 2.12. The molecular weight excluding hydrogens is 322 g/mol. The van der Waals surface area contributed by atoms with Gasteiger partial charge in [0.2, 0.25) is 0 Å². The van der Waals surface area contributed by atoms with Crippen molar-refractivity contribution in [1.29, 1.82) is 0 Å². The number of rotatable bonds is 5. The third kappa shape index (κ3) is 3.42. The van der Waals surface area contributed by atoms with E-state index in [1.54, 1.807) is 12.1 Å². The van der Waals surface area contributed by atoms with Crippen LogP contribution in [0.5, 0.6) is 5.75 Å². The summed E-state index contributed by atoms with van der Waals surface area (Å²) in [5.41, 5.74) is 0. The molecule has 1 aliphatic rings. The molecule has 20 heavy (non-hydrogen) atoms. The Morgan fingerprint density at radius 3 is 2.70 bits per heavy atom. The maximum absolute atomic E-state index is 11.8. The summed E-state index contributed by atoms with van der Waals surface area (Å²) < 4.78 is 12.1. The Kier molecular flexibility index (Phi) is 3.78. The molecule has 0 radical (unpaired) electrons. The zero-order valence-electron chi connectivity index (χ0n) is 10.8. The van der Waals surface area contributed by atoms with E-state index in [4.69, 9.17) is 9.15 Å². The van der Waals surface area contributed by atoms with Gasteiger partial charge in [-0.1, -0.05) is 15.9 Å². The second kappa shape index (κ2) is 5.71. The average Bonchev–Trinajstić information content (AvgIpc) is 3.13. The minimum absolute atomic E-state index is 0.151. The highest BCUT2D eigenvalue weighted by molar-refractivity contribution is 9.10. The molecule has 5 heteroatoms. The van der Waals surface area contributed by atoms with Crippen LogP contribution in [0.25, 0.3) is 0 Å². The summed E-state index contributed by atoms with van der Waals surface area (Å²) in [5, 5.41) is 2.88. The minimum Gasteiger partial charge on any atom is -0.486 e. The van der Waals surface area contributed by atoms with Crippen molar-refractivity contribution in [1.82, 2.24) is 5.32 Å². The lowest BCUT2D eigenvalue weighted by Gasteiger charge is -2.04. The van der Waals surface area contributed by atoms with Crippen molar-refractivity contribution in [3.8, 4) is 5.75 Å². The first kappa shape index (κ1) is 13.2. The van der Waals surface area contributed by atoms with E-state index in [0.717, 1.165) is 23.1 Å². The lowest BCUT2D eigenvalue weighted by Crippen LogP contribution is -2.24. The topological polar surface area (TPSA) is 51.5 Å². The van der Waals surface area contributed by atoms with E-state index in [9.17, 15) is 4.79 Å². The molecule has 0 saturated heterocycles. The van der Waals surface area contributed by atoms with Gasteiger partial charge in [-0.25, -0.2) is 0 Å². The van der Waals surface area contributed by atoms with Gasteiger partial charge in [0.15, 0.2) is 5.76 Å². The molecule has 1 amide bonds. The molecular formula is C15H14BrNO3. The van der Waals surface area contributed by atoms with Crippen LogP contribution >= 0.6 is 15.9 Å². The van der Waals surface area contributed by atoms with Crippen LogP contribution in [0.1, 0.15) is 29.2 Å². The van der Waals surface area contributed by atoms with Gasteiger partial charge in [-0.3, -0.25) is 4.79 Å².